The van der Waals surface area contributed by atoms with Crippen LogP contribution in [0.4, 0.5) is 0 Å². The minimum Gasteiger partial charge on any atom is -0.339 e. The predicted molar refractivity (Wildman–Crippen MR) is 68.6 cm³/mol. The highest BCUT2D eigenvalue weighted by Gasteiger charge is 2.17. The Bertz CT molecular complexity index is 434. The summed E-state index contributed by atoms with van der Waals surface area (Å²) in [6, 6.07) is 3.71. The molecule has 0 radical (unpaired) electrons. The molecule has 17 heavy (non-hydrogen) atoms. The molecule has 0 aliphatic rings. The molecule has 0 atom stereocenters. The first kappa shape index (κ1) is 13.4. The maximum Gasteiger partial charge on any atom is 0.254 e. The molecule has 0 aromatic heterocycles. The average Bonchev–Trinajstić information content (AvgIpc) is 2.29. The van der Waals surface area contributed by atoms with Gasteiger partial charge in [0.25, 0.3) is 5.91 Å². The van der Waals surface area contributed by atoms with Crippen molar-refractivity contribution in [3.63, 3.8) is 0 Å². The van der Waals surface area contributed by atoms with E-state index >= 15 is 0 Å². The molecule has 0 aliphatic heterocycles. The molecule has 0 aliphatic carbocycles. The van der Waals surface area contributed by atoms with E-state index in [-0.39, 0.29) is 5.91 Å². The summed E-state index contributed by atoms with van der Waals surface area (Å²) in [5.41, 5.74) is 2.88. The van der Waals surface area contributed by atoms with Crippen molar-refractivity contribution in [3.05, 3.63) is 34.4 Å². The summed E-state index contributed by atoms with van der Waals surface area (Å²) in [6.07, 6.45) is 0.769. The van der Waals surface area contributed by atoms with Crippen LogP contribution in [0.15, 0.2) is 12.1 Å². The Balaban J connectivity index is 3.29. The second-order valence-corrected chi connectivity index (χ2v) is 4.14. The lowest BCUT2D eigenvalue weighted by Gasteiger charge is -2.20. The first-order chi connectivity index (χ1) is 8.04. The normalized spacial score (nSPS) is 10.1. The van der Waals surface area contributed by atoms with Gasteiger partial charge in [-0.05, 0) is 39.3 Å². The molecular weight excluding hydrogens is 214 g/mol. The maximum absolute atomic E-state index is 12.3. The van der Waals surface area contributed by atoms with Crippen molar-refractivity contribution in [2.75, 3.05) is 13.1 Å². The van der Waals surface area contributed by atoms with Crippen molar-refractivity contribution in [2.45, 2.75) is 27.7 Å². The summed E-state index contributed by atoms with van der Waals surface area (Å²) in [5.74, 6) is -0.0658. The number of amides is 1. The number of rotatable bonds is 4. The fourth-order valence-corrected chi connectivity index (χ4v) is 1.99. The van der Waals surface area contributed by atoms with Gasteiger partial charge in [-0.1, -0.05) is 11.6 Å². The second kappa shape index (κ2) is 5.62. The zero-order chi connectivity index (χ0) is 13.0. The van der Waals surface area contributed by atoms with Crippen LogP contribution in [0.1, 0.15) is 45.7 Å². The van der Waals surface area contributed by atoms with Gasteiger partial charge in [0.05, 0.1) is 5.56 Å². The number of carbonyl (C=O) groups is 2. The van der Waals surface area contributed by atoms with Gasteiger partial charge in [0.2, 0.25) is 0 Å². The van der Waals surface area contributed by atoms with E-state index < -0.39 is 0 Å². The molecule has 0 saturated carbocycles. The quantitative estimate of drug-likeness (QED) is 0.750. The van der Waals surface area contributed by atoms with Crippen LogP contribution in [0.5, 0.6) is 0 Å². The molecule has 0 bridgehead atoms. The fraction of sp³-hybridized carbons (Fsp3) is 0.429. The van der Waals surface area contributed by atoms with Gasteiger partial charge in [-0.25, -0.2) is 0 Å². The summed E-state index contributed by atoms with van der Waals surface area (Å²) in [6.45, 7) is 8.97. The van der Waals surface area contributed by atoms with Gasteiger partial charge in [-0.15, -0.1) is 0 Å². The Kier molecular flexibility index (Phi) is 4.44. The van der Waals surface area contributed by atoms with Crippen molar-refractivity contribution < 1.29 is 9.59 Å². The molecule has 0 fully saturated rings. The zero-order valence-corrected chi connectivity index (χ0v) is 10.9. The third-order valence-corrected chi connectivity index (χ3v) is 2.93. The molecule has 1 amide bonds. The van der Waals surface area contributed by atoms with Gasteiger partial charge in [-0.2, -0.15) is 0 Å². The van der Waals surface area contributed by atoms with E-state index in [1.807, 2.05) is 33.8 Å². The van der Waals surface area contributed by atoms with Crippen molar-refractivity contribution in [3.8, 4) is 0 Å². The van der Waals surface area contributed by atoms with Gasteiger partial charge in [0, 0.05) is 18.7 Å². The first-order valence-electron chi connectivity index (χ1n) is 5.90. The van der Waals surface area contributed by atoms with E-state index in [9.17, 15) is 9.59 Å². The van der Waals surface area contributed by atoms with Gasteiger partial charge >= 0.3 is 0 Å². The molecule has 0 saturated heterocycles. The summed E-state index contributed by atoms with van der Waals surface area (Å²) in [5, 5.41) is 0. The molecule has 0 spiro atoms. The van der Waals surface area contributed by atoms with Gasteiger partial charge < -0.3 is 4.90 Å². The van der Waals surface area contributed by atoms with Crippen LogP contribution in [-0.2, 0) is 0 Å². The molecule has 3 heteroatoms. The molecule has 0 unspecified atom stereocenters. The first-order valence-corrected chi connectivity index (χ1v) is 5.90. The minimum atomic E-state index is -0.0658. The van der Waals surface area contributed by atoms with Crippen molar-refractivity contribution in [1.82, 2.24) is 4.90 Å². The number of hydrogen-bond acceptors (Lipinski definition) is 2. The fourth-order valence-electron chi connectivity index (χ4n) is 1.99. The predicted octanol–water partition coefficient (Wildman–Crippen LogP) is 2.60. The standard InChI is InChI=1S/C14H19NO2/c1-5-15(6-2)14(17)12-8-10(3)7-11(4)13(12)9-16/h7-9H,5-6H2,1-4H3. The van der Waals surface area contributed by atoms with Crippen LogP contribution in [0, 0.1) is 13.8 Å². The van der Waals surface area contributed by atoms with Gasteiger partial charge in [0.15, 0.2) is 6.29 Å². The van der Waals surface area contributed by atoms with E-state index in [0.717, 1.165) is 17.4 Å². The second-order valence-electron chi connectivity index (χ2n) is 4.14. The van der Waals surface area contributed by atoms with Crippen LogP contribution in [0.25, 0.3) is 0 Å². The van der Waals surface area contributed by atoms with Crippen LogP contribution < -0.4 is 0 Å². The lowest BCUT2D eigenvalue weighted by atomic mass is 9.99. The van der Waals surface area contributed by atoms with Gasteiger partial charge in [0.1, 0.15) is 0 Å². The molecular formula is C14H19NO2. The zero-order valence-electron chi connectivity index (χ0n) is 10.9. The number of nitrogens with zero attached hydrogens (tertiary/aromatic N) is 1. The maximum atomic E-state index is 12.3. The third-order valence-electron chi connectivity index (χ3n) is 2.93. The summed E-state index contributed by atoms with van der Waals surface area (Å²) >= 11 is 0. The summed E-state index contributed by atoms with van der Waals surface area (Å²) in [4.78, 5) is 25.1. The van der Waals surface area contributed by atoms with Crippen molar-refractivity contribution in [2.24, 2.45) is 0 Å². The van der Waals surface area contributed by atoms with E-state index in [1.165, 1.54) is 0 Å². The number of hydrogen-bond donors (Lipinski definition) is 0. The van der Waals surface area contributed by atoms with E-state index in [4.69, 9.17) is 0 Å². The summed E-state index contributed by atoms with van der Waals surface area (Å²) < 4.78 is 0. The largest absolute Gasteiger partial charge is 0.339 e. The minimum absolute atomic E-state index is 0.0658. The number of carbonyl (C=O) groups excluding carboxylic acids is 2. The van der Waals surface area contributed by atoms with Gasteiger partial charge in [-0.3, -0.25) is 9.59 Å². The van der Waals surface area contributed by atoms with Crippen LogP contribution in [0.3, 0.4) is 0 Å². The van der Waals surface area contributed by atoms with Crippen LogP contribution >= 0.6 is 0 Å². The topological polar surface area (TPSA) is 37.4 Å². The monoisotopic (exact) mass is 233 g/mol. The van der Waals surface area contributed by atoms with E-state index in [0.29, 0.717) is 24.2 Å². The highest BCUT2D eigenvalue weighted by Crippen LogP contribution is 2.17. The SMILES string of the molecule is CCN(CC)C(=O)c1cc(C)cc(C)c1C=O. The van der Waals surface area contributed by atoms with E-state index in [2.05, 4.69) is 0 Å². The molecule has 92 valence electrons. The lowest BCUT2D eigenvalue weighted by molar-refractivity contribution is 0.0769. The number of aldehydes is 1. The Morgan fingerprint density at radius 2 is 1.82 bits per heavy atom. The molecule has 0 N–H and O–H groups in total. The van der Waals surface area contributed by atoms with Crippen LogP contribution in [0.2, 0.25) is 0 Å². The smallest absolute Gasteiger partial charge is 0.254 e. The third kappa shape index (κ3) is 2.73. The Labute approximate surface area is 102 Å². The number of benzene rings is 1. The van der Waals surface area contributed by atoms with Crippen LogP contribution in [-0.4, -0.2) is 30.2 Å². The molecule has 1 rings (SSSR count). The Morgan fingerprint density at radius 3 is 2.29 bits per heavy atom. The molecule has 0 heterocycles. The lowest BCUT2D eigenvalue weighted by Crippen LogP contribution is -2.31. The Hall–Kier alpha value is -1.64. The van der Waals surface area contributed by atoms with Crippen molar-refractivity contribution >= 4 is 12.2 Å². The highest BCUT2D eigenvalue weighted by molar-refractivity contribution is 6.02. The summed E-state index contributed by atoms with van der Waals surface area (Å²) in [7, 11) is 0. The number of aryl methyl sites for hydroxylation is 2. The average molecular weight is 233 g/mol. The molecule has 3 nitrogen and oxygen atoms in total. The molecule has 1 aromatic carbocycles. The Morgan fingerprint density at radius 1 is 1.24 bits per heavy atom. The highest BCUT2D eigenvalue weighted by atomic mass is 16.2. The molecule has 1 aromatic rings. The van der Waals surface area contributed by atoms with E-state index in [1.54, 1.807) is 11.0 Å². The van der Waals surface area contributed by atoms with Crippen molar-refractivity contribution in [1.29, 1.82) is 0 Å².